The predicted molar refractivity (Wildman–Crippen MR) is 91.8 cm³/mol. The van der Waals surface area contributed by atoms with Crippen LogP contribution in [0.15, 0.2) is 30.6 Å². The second-order valence-corrected chi connectivity index (χ2v) is 6.55. The number of hydrogen-bond acceptors (Lipinski definition) is 4. The molecular weight excluding hydrogens is 305 g/mol. The van der Waals surface area contributed by atoms with Crippen molar-refractivity contribution in [2.45, 2.75) is 38.6 Å². The average Bonchev–Trinajstić information content (AvgIpc) is 3.23. The lowest BCUT2D eigenvalue weighted by atomic mass is 10.00. The number of benzene rings is 1. The lowest BCUT2D eigenvalue weighted by molar-refractivity contribution is 0.342. The summed E-state index contributed by atoms with van der Waals surface area (Å²) in [6, 6.07) is 6.63. The first kappa shape index (κ1) is 15.1. The lowest BCUT2D eigenvalue weighted by Crippen LogP contribution is -2.16. The normalized spacial score (nSPS) is 16.8. The highest BCUT2D eigenvalue weighted by atomic mass is 19.1. The van der Waals surface area contributed by atoms with Gasteiger partial charge in [0.05, 0.1) is 11.4 Å². The van der Waals surface area contributed by atoms with Crippen LogP contribution >= 0.6 is 0 Å². The first-order valence-corrected chi connectivity index (χ1v) is 8.40. The van der Waals surface area contributed by atoms with E-state index in [1.165, 1.54) is 44.1 Å². The molecular formula is C18H20FN5. The Morgan fingerprint density at radius 3 is 2.79 bits per heavy atom. The molecule has 1 atom stereocenters. The van der Waals surface area contributed by atoms with Crippen LogP contribution in [0.25, 0.3) is 22.3 Å². The fourth-order valence-corrected chi connectivity index (χ4v) is 3.76. The third-order valence-corrected chi connectivity index (χ3v) is 5.08. The SMILES string of the molecule is CC(C1CCCC1)n1nc(-c2cccc(F)c2)c2c(N)ncnc21. The highest BCUT2D eigenvalue weighted by Gasteiger charge is 2.27. The molecule has 0 aliphatic heterocycles. The van der Waals surface area contributed by atoms with Crippen molar-refractivity contribution in [2.24, 2.45) is 5.92 Å². The number of anilines is 1. The summed E-state index contributed by atoms with van der Waals surface area (Å²) in [4.78, 5) is 8.52. The Kier molecular flexibility index (Phi) is 3.67. The van der Waals surface area contributed by atoms with Crippen molar-refractivity contribution in [3.05, 3.63) is 36.4 Å². The molecule has 1 unspecified atom stereocenters. The lowest BCUT2D eigenvalue weighted by Gasteiger charge is -2.19. The maximum Gasteiger partial charge on any atom is 0.164 e. The van der Waals surface area contributed by atoms with Gasteiger partial charge in [-0.1, -0.05) is 25.0 Å². The minimum absolute atomic E-state index is 0.228. The van der Waals surface area contributed by atoms with Gasteiger partial charge in [-0.25, -0.2) is 19.0 Å². The molecule has 0 bridgehead atoms. The molecule has 1 aromatic carbocycles. The second kappa shape index (κ2) is 5.85. The number of rotatable bonds is 3. The Bertz CT molecular complexity index is 882. The maximum absolute atomic E-state index is 13.7. The number of nitrogens with two attached hydrogens (primary N) is 1. The summed E-state index contributed by atoms with van der Waals surface area (Å²) >= 11 is 0. The van der Waals surface area contributed by atoms with Gasteiger partial charge in [0.1, 0.15) is 23.7 Å². The van der Waals surface area contributed by atoms with Crippen LogP contribution in [0.4, 0.5) is 10.2 Å². The van der Waals surface area contributed by atoms with Crippen molar-refractivity contribution in [1.29, 1.82) is 0 Å². The molecule has 1 saturated carbocycles. The van der Waals surface area contributed by atoms with E-state index in [4.69, 9.17) is 10.8 Å². The third kappa shape index (κ3) is 2.42. The Hall–Kier alpha value is -2.50. The largest absolute Gasteiger partial charge is 0.383 e. The van der Waals surface area contributed by atoms with E-state index < -0.39 is 0 Å². The van der Waals surface area contributed by atoms with Gasteiger partial charge in [0, 0.05) is 5.56 Å². The van der Waals surface area contributed by atoms with Crippen LogP contribution in [0.1, 0.15) is 38.6 Å². The van der Waals surface area contributed by atoms with E-state index in [0.717, 1.165) is 5.65 Å². The van der Waals surface area contributed by atoms with Gasteiger partial charge in [-0.2, -0.15) is 5.10 Å². The van der Waals surface area contributed by atoms with Crippen LogP contribution < -0.4 is 5.73 Å². The van der Waals surface area contributed by atoms with Crippen molar-refractivity contribution in [3.63, 3.8) is 0 Å². The van der Waals surface area contributed by atoms with Gasteiger partial charge in [0.2, 0.25) is 0 Å². The van der Waals surface area contributed by atoms with Gasteiger partial charge < -0.3 is 5.73 Å². The first-order valence-electron chi connectivity index (χ1n) is 8.40. The minimum Gasteiger partial charge on any atom is -0.383 e. The van der Waals surface area contributed by atoms with Crippen LogP contribution in [0.5, 0.6) is 0 Å². The van der Waals surface area contributed by atoms with Gasteiger partial charge in [0.25, 0.3) is 0 Å². The van der Waals surface area contributed by atoms with E-state index >= 15 is 0 Å². The van der Waals surface area contributed by atoms with Crippen molar-refractivity contribution in [1.82, 2.24) is 19.7 Å². The quantitative estimate of drug-likeness (QED) is 0.791. The van der Waals surface area contributed by atoms with E-state index in [9.17, 15) is 4.39 Å². The summed E-state index contributed by atoms with van der Waals surface area (Å²) in [5.41, 5.74) is 8.16. The van der Waals surface area contributed by atoms with Crippen LogP contribution in [-0.4, -0.2) is 19.7 Å². The molecule has 3 aromatic rings. The number of aromatic nitrogens is 4. The Morgan fingerprint density at radius 1 is 1.25 bits per heavy atom. The number of hydrogen-bond donors (Lipinski definition) is 1. The molecule has 0 amide bonds. The fraction of sp³-hybridized carbons (Fsp3) is 0.389. The highest BCUT2D eigenvalue weighted by Crippen LogP contribution is 2.38. The zero-order chi connectivity index (χ0) is 16.7. The predicted octanol–water partition coefficient (Wildman–Crippen LogP) is 3.97. The van der Waals surface area contributed by atoms with Crippen molar-refractivity contribution < 1.29 is 4.39 Å². The second-order valence-electron chi connectivity index (χ2n) is 6.55. The van der Waals surface area contributed by atoms with Crippen molar-refractivity contribution in [3.8, 4) is 11.3 Å². The minimum atomic E-state index is -0.297. The molecule has 24 heavy (non-hydrogen) atoms. The van der Waals surface area contributed by atoms with E-state index in [1.54, 1.807) is 6.07 Å². The Balaban J connectivity index is 1.91. The monoisotopic (exact) mass is 325 g/mol. The average molecular weight is 325 g/mol. The number of nitrogen functional groups attached to an aromatic ring is 1. The molecule has 124 valence electrons. The molecule has 2 N–H and O–H groups in total. The topological polar surface area (TPSA) is 69.6 Å². The van der Waals surface area contributed by atoms with Gasteiger partial charge in [-0.3, -0.25) is 0 Å². The van der Waals surface area contributed by atoms with E-state index in [1.807, 2.05) is 10.7 Å². The van der Waals surface area contributed by atoms with Gasteiger partial charge in [-0.05, 0) is 37.8 Å². The number of halogens is 1. The molecule has 2 aromatic heterocycles. The molecule has 0 spiro atoms. The number of fused-ring (bicyclic) bond motifs is 1. The molecule has 1 fully saturated rings. The van der Waals surface area contributed by atoms with E-state index in [0.29, 0.717) is 28.4 Å². The van der Waals surface area contributed by atoms with Crippen LogP contribution in [0, 0.1) is 11.7 Å². The standard InChI is InChI=1S/C18H20FN5/c1-11(12-5-2-3-6-12)24-18-15(17(20)21-10-22-18)16(23-24)13-7-4-8-14(19)9-13/h4,7-12H,2-3,5-6H2,1H3,(H2,20,21,22). The van der Waals surface area contributed by atoms with Crippen molar-refractivity contribution in [2.75, 3.05) is 5.73 Å². The maximum atomic E-state index is 13.7. The molecule has 2 heterocycles. The molecule has 0 saturated heterocycles. The van der Waals surface area contributed by atoms with E-state index in [-0.39, 0.29) is 11.9 Å². The van der Waals surface area contributed by atoms with Gasteiger partial charge >= 0.3 is 0 Å². The fourth-order valence-electron chi connectivity index (χ4n) is 3.76. The zero-order valence-electron chi connectivity index (χ0n) is 13.6. The van der Waals surface area contributed by atoms with Gasteiger partial charge in [-0.15, -0.1) is 0 Å². The summed E-state index contributed by atoms with van der Waals surface area (Å²) in [6.45, 7) is 2.18. The van der Waals surface area contributed by atoms with Crippen LogP contribution in [-0.2, 0) is 0 Å². The molecule has 5 nitrogen and oxygen atoms in total. The third-order valence-electron chi connectivity index (χ3n) is 5.08. The Morgan fingerprint density at radius 2 is 2.04 bits per heavy atom. The summed E-state index contributed by atoms with van der Waals surface area (Å²) < 4.78 is 15.6. The smallest absolute Gasteiger partial charge is 0.164 e. The summed E-state index contributed by atoms with van der Waals surface area (Å²) in [5.74, 6) is 0.670. The molecule has 0 radical (unpaired) electrons. The van der Waals surface area contributed by atoms with Crippen LogP contribution in [0.2, 0.25) is 0 Å². The zero-order valence-corrected chi connectivity index (χ0v) is 13.6. The summed E-state index contributed by atoms with van der Waals surface area (Å²) in [6.07, 6.45) is 6.41. The molecule has 1 aliphatic carbocycles. The first-order chi connectivity index (χ1) is 11.6. The van der Waals surface area contributed by atoms with E-state index in [2.05, 4.69) is 16.9 Å². The van der Waals surface area contributed by atoms with Crippen LogP contribution in [0.3, 0.4) is 0 Å². The summed E-state index contributed by atoms with van der Waals surface area (Å²) in [5, 5.41) is 5.48. The molecule has 1 aliphatic rings. The van der Waals surface area contributed by atoms with Gasteiger partial charge in [0.15, 0.2) is 5.65 Å². The molecule has 4 rings (SSSR count). The Labute approximate surface area is 139 Å². The molecule has 6 heteroatoms. The summed E-state index contributed by atoms with van der Waals surface area (Å²) in [7, 11) is 0. The highest BCUT2D eigenvalue weighted by molar-refractivity contribution is 5.98. The van der Waals surface area contributed by atoms with Crippen molar-refractivity contribution >= 4 is 16.9 Å². The number of nitrogens with zero attached hydrogens (tertiary/aromatic N) is 4.